The van der Waals surface area contributed by atoms with Crippen molar-refractivity contribution in [3.05, 3.63) is 12.3 Å². The van der Waals surface area contributed by atoms with Gasteiger partial charge in [0.2, 0.25) is 5.95 Å². The van der Waals surface area contributed by atoms with E-state index in [0.29, 0.717) is 17.7 Å². The number of anilines is 2. The van der Waals surface area contributed by atoms with Crippen molar-refractivity contribution in [2.45, 2.75) is 25.9 Å². The molecule has 0 radical (unpaired) electrons. The van der Waals surface area contributed by atoms with Crippen molar-refractivity contribution in [3.8, 4) is 0 Å². The van der Waals surface area contributed by atoms with Gasteiger partial charge in [0, 0.05) is 19.3 Å². The number of aliphatic hydroxyl groups is 1. The lowest BCUT2D eigenvalue weighted by atomic mass is 9.92. The summed E-state index contributed by atoms with van der Waals surface area (Å²) in [6.45, 7) is 3.63. The summed E-state index contributed by atoms with van der Waals surface area (Å²) in [5.74, 6) is 1.60. The lowest BCUT2D eigenvalue weighted by Crippen LogP contribution is -2.38. The van der Waals surface area contributed by atoms with E-state index in [1.807, 2.05) is 6.92 Å². The van der Waals surface area contributed by atoms with E-state index in [9.17, 15) is 5.11 Å². The van der Waals surface area contributed by atoms with Gasteiger partial charge in [0.05, 0.1) is 6.10 Å². The molecule has 16 heavy (non-hydrogen) atoms. The van der Waals surface area contributed by atoms with Gasteiger partial charge in [0.1, 0.15) is 5.82 Å². The zero-order valence-electron chi connectivity index (χ0n) is 9.50. The van der Waals surface area contributed by atoms with Gasteiger partial charge in [0.25, 0.3) is 0 Å². The second-order valence-electron chi connectivity index (χ2n) is 4.35. The maximum atomic E-state index is 9.51. The van der Waals surface area contributed by atoms with Crippen LogP contribution in [0.1, 0.15) is 19.8 Å². The molecular weight excluding hydrogens is 204 g/mol. The molecule has 2 heterocycles. The van der Waals surface area contributed by atoms with Gasteiger partial charge < -0.3 is 15.7 Å². The SMILES string of the molecule is CC(O)C1CCN(c2nccc(N)n2)CC1. The van der Waals surface area contributed by atoms with Crippen molar-refractivity contribution in [1.82, 2.24) is 9.97 Å². The molecule has 1 aromatic heterocycles. The van der Waals surface area contributed by atoms with E-state index in [2.05, 4.69) is 14.9 Å². The van der Waals surface area contributed by atoms with E-state index in [4.69, 9.17) is 5.73 Å². The van der Waals surface area contributed by atoms with E-state index < -0.39 is 0 Å². The molecule has 0 saturated carbocycles. The van der Waals surface area contributed by atoms with Gasteiger partial charge in [-0.3, -0.25) is 0 Å². The summed E-state index contributed by atoms with van der Waals surface area (Å²) in [6.07, 6.45) is 3.42. The Labute approximate surface area is 95.3 Å². The summed E-state index contributed by atoms with van der Waals surface area (Å²) in [5.41, 5.74) is 5.62. The Morgan fingerprint density at radius 1 is 1.50 bits per heavy atom. The van der Waals surface area contributed by atoms with E-state index in [1.165, 1.54) is 0 Å². The average molecular weight is 222 g/mol. The molecule has 0 aromatic carbocycles. The first kappa shape index (κ1) is 11.1. The quantitative estimate of drug-likeness (QED) is 0.768. The molecule has 1 aliphatic heterocycles. The summed E-state index contributed by atoms with van der Waals surface area (Å²) >= 11 is 0. The number of rotatable bonds is 2. The highest BCUT2D eigenvalue weighted by Crippen LogP contribution is 2.23. The first-order chi connectivity index (χ1) is 7.66. The molecular formula is C11H18N4O. The van der Waals surface area contributed by atoms with Gasteiger partial charge in [-0.05, 0) is 31.7 Å². The fourth-order valence-corrected chi connectivity index (χ4v) is 2.10. The smallest absolute Gasteiger partial charge is 0.227 e. The summed E-state index contributed by atoms with van der Waals surface area (Å²) in [4.78, 5) is 10.5. The first-order valence-corrected chi connectivity index (χ1v) is 5.68. The standard InChI is InChI=1S/C11H18N4O/c1-8(16)9-3-6-15(7-4-9)11-13-5-2-10(12)14-11/h2,5,8-9,16H,3-4,6-7H2,1H3,(H2,12,13,14). The van der Waals surface area contributed by atoms with Crippen molar-refractivity contribution >= 4 is 11.8 Å². The van der Waals surface area contributed by atoms with E-state index in [0.717, 1.165) is 25.9 Å². The molecule has 0 bridgehead atoms. The van der Waals surface area contributed by atoms with Gasteiger partial charge in [0.15, 0.2) is 0 Å². The van der Waals surface area contributed by atoms with Crippen molar-refractivity contribution in [3.63, 3.8) is 0 Å². The summed E-state index contributed by atoms with van der Waals surface area (Å²) in [6, 6.07) is 1.69. The summed E-state index contributed by atoms with van der Waals surface area (Å²) < 4.78 is 0. The molecule has 1 atom stereocenters. The van der Waals surface area contributed by atoms with Crippen molar-refractivity contribution in [2.24, 2.45) is 5.92 Å². The number of nitrogen functional groups attached to an aromatic ring is 1. The zero-order chi connectivity index (χ0) is 11.5. The van der Waals surface area contributed by atoms with Crippen LogP contribution in [0.3, 0.4) is 0 Å². The number of hydrogen-bond donors (Lipinski definition) is 2. The minimum Gasteiger partial charge on any atom is -0.393 e. The lowest BCUT2D eigenvalue weighted by molar-refractivity contribution is 0.109. The number of nitrogens with zero attached hydrogens (tertiary/aromatic N) is 3. The van der Waals surface area contributed by atoms with Crippen LogP contribution in [0.4, 0.5) is 11.8 Å². The normalized spacial score (nSPS) is 19.8. The van der Waals surface area contributed by atoms with Crippen LogP contribution in [-0.4, -0.2) is 34.3 Å². The van der Waals surface area contributed by atoms with Gasteiger partial charge in [-0.15, -0.1) is 0 Å². The molecule has 1 aliphatic rings. The Kier molecular flexibility index (Phi) is 3.24. The molecule has 0 spiro atoms. The Bertz CT molecular complexity index is 348. The Morgan fingerprint density at radius 2 is 2.19 bits per heavy atom. The van der Waals surface area contributed by atoms with E-state index >= 15 is 0 Å². The Balaban J connectivity index is 1.99. The molecule has 88 valence electrons. The molecule has 1 saturated heterocycles. The van der Waals surface area contributed by atoms with Crippen molar-refractivity contribution in [1.29, 1.82) is 0 Å². The first-order valence-electron chi connectivity index (χ1n) is 5.68. The van der Waals surface area contributed by atoms with E-state index in [-0.39, 0.29) is 6.10 Å². The fraction of sp³-hybridized carbons (Fsp3) is 0.636. The molecule has 2 rings (SSSR count). The highest BCUT2D eigenvalue weighted by atomic mass is 16.3. The van der Waals surface area contributed by atoms with Crippen LogP contribution in [0.25, 0.3) is 0 Å². The fourth-order valence-electron chi connectivity index (χ4n) is 2.10. The number of aromatic nitrogens is 2. The van der Waals surface area contributed by atoms with E-state index in [1.54, 1.807) is 12.3 Å². The van der Waals surface area contributed by atoms with Crippen LogP contribution in [0.15, 0.2) is 12.3 Å². The third kappa shape index (κ3) is 2.41. The van der Waals surface area contributed by atoms with Gasteiger partial charge in [-0.1, -0.05) is 0 Å². The molecule has 1 aromatic rings. The minimum atomic E-state index is -0.219. The Hall–Kier alpha value is -1.36. The third-order valence-electron chi connectivity index (χ3n) is 3.17. The maximum absolute atomic E-state index is 9.51. The lowest BCUT2D eigenvalue weighted by Gasteiger charge is -2.33. The molecule has 1 unspecified atom stereocenters. The third-order valence-corrected chi connectivity index (χ3v) is 3.17. The molecule has 5 nitrogen and oxygen atoms in total. The van der Waals surface area contributed by atoms with Gasteiger partial charge in [-0.2, -0.15) is 4.98 Å². The molecule has 3 N–H and O–H groups in total. The number of piperidine rings is 1. The molecule has 0 amide bonds. The second kappa shape index (κ2) is 4.65. The summed E-state index contributed by atoms with van der Waals surface area (Å²) in [7, 11) is 0. The predicted octanol–water partition coefficient (Wildman–Crippen LogP) is 0.656. The van der Waals surface area contributed by atoms with Crippen LogP contribution in [-0.2, 0) is 0 Å². The highest BCUT2D eigenvalue weighted by Gasteiger charge is 2.23. The highest BCUT2D eigenvalue weighted by molar-refractivity contribution is 5.37. The van der Waals surface area contributed by atoms with Crippen LogP contribution >= 0.6 is 0 Å². The van der Waals surface area contributed by atoms with Gasteiger partial charge in [-0.25, -0.2) is 4.98 Å². The van der Waals surface area contributed by atoms with Crippen LogP contribution in [0.5, 0.6) is 0 Å². The topological polar surface area (TPSA) is 75.3 Å². The average Bonchev–Trinajstić information content (AvgIpc) is 2.29. The molecule has 0 aliphatic carbocycles. The number of aliphatic hydroxyl groups excluding tert-OH is 1. The molecule has 1 fully saturated rings. The minimum absolute atomic E-state index is 0.219. The summed E-state index contributed by atoms with van der Waals surface area (Å²) in [5, 5.41) is 9.51. The number of hydrogen-bond acceptors (Lipinski definition) is 5. The largest absolute Gasteiger partial charge is 0.393 e. The van der Waals surface area contributed by atoms with Crippen molar-refractivity contribution in [2.75, 3.05) is 23.7 Å². The monoisotopic (exact) mass is 222 g/mol. The maximum Gasteiger partial charge on any atom is 0.227 e. The second-order valence-corrected chi connectivity index (χ2v) is 4.35. The van der Waals surface area contributed by atoms with Gasteiger partial charge >= 0.3 is 0 Å². The Morgan fingerprint density at radius 3 is 2.75 bits per heavy atom. The number of nitrogens with two attached hydrogens (primary N) is 1. The van der Waals surface area contributed by atoms with Crippen LogP contribution in [0.2, 0.25) is 0 Å². The van der Waals surface area contributed by atoms with Crippen molar-refractivity contribution < 1.29 is 5.11 Å². The van der Waals surface area contributed by atoms with Crippen LogP contribution < -0.4 is 10.6 Å². The predicted molar refractivity (Wildman–Crippen MR) is 63.1 cm³/mol. The molecule has 5 heteroatoms. The zero-order valence-corrected chi connectivity index (χ0v) is 9.50. The van der Waals surface area contributed by atoms with Crippen LogP contribution in [0, 0.1) is 5.92 Å².